The lowest BCUT2D eigenvalue weighted by molar-refractivity contribution is 0.669. The molecule has 2 aromatic heterocycles. The first-order valence-corrected chi connectivity index (χ1v) is 17.0. The second kappa shape index (κ2) is 12.9. The minimum Gasteiger partial charge on any atom is -0.456 e. The fraction of sp³-hybridized carbons (Fsp3) is 0.0217. The van der Waals surface area contributed by atoms with Gasteiger partial charge in [0.2, 0.25) is 0 Å². The van der Waals surface area contributed by atoms with Crippen molar-refractivity contribution in [3.63, 3.8) is 0 Å². The Morgan fingerprint density at radius 3 is 2.08 bits per heavy atom. The van der Waals surface area contributed by atoms with E-state index < -0.39 is 0 Å². The molecule has 0 saturated carbocycles. The smallest absolute Gasteiger partial charge is 0.161 e. The van der Waals surface area contributed by atoms with Crippen molar-refractivity contribution in [1.29, 1.82) is 0 Å². The van der Waals surface area contributed by atoms with Gasteiger partial charge in [-0.1, -0.05) is 127 Å². The number of rotatable bonds is 6. The molecular weight excluding hydrogens is 625 g/mol. The highest BCUT2D eigenvalue weighted by molar-refractivity contribution is 6.16. The van der Waals surface area contributed by atoms with Crippen molar-refractivity contribution in [3.05, 3.63) is 187 Å². The van der Waals surface area contributed by atoms with Crippen LogP contribution >= 0.6 is 0 Å². The van der Waals surface area contributed by atoms with Crippen LogP contribution in [0.1, 0.15) is 16.7 Å². The Hall–Kier alpha value is -6.85. The number of para-hydroxylation sites is 2. The molecule has 9 aromatic rings. The minimum atomic E-state index is 0.486. The van der Waals surface area contributed by atoms with Crippen molar-refractivity contribution >= 4 is 62.1 Å². The predicted molar refractivity (Wildman–Crippen MR) is 213 cm³/mol. The molecule has 0 N–H and O–H groups in total. The van der Waals surface area contributed by atoms with Crippen molar-refractivity contribution < 1.29 is 4.42 Å². The third kappa shape index (κ3) is 5.51. The van der Waals surface area contributed by atoms with Crippen molar-refractivity contribution in [3.8, 4) is 16.8 Å². The van der Waals surface area contributed by atoms with Gasteiger partial charge in [-0.05, 0) is 65.9 Å². The van der Waals surface area contributed by atoms with E-state index in [1.54, 1.807) is 0 Å². The van der Waals surface area contributed by atoms with E-state index in [1.165, 1.54) is 10.8 Å². The average Bonchev–Trinajstić information content (AvgIpc) is 3.74. The van der Waals surface area contributed by atoms with E-state index in [0.29, 0.717) is 18.2 Å². The zero-order valence-electron chi connectivity index (χ0n) is 27.8. The normalized spacial score (nSPS) is 12.3. The van der Waals surface area contributed by atoms with E-state index in [9.17, 15) is 0 Å². The SMILES string of the molecule is C=NC(=NC(=NCc1ccccc1)c1cccc(-n2c3ccccc3c3cc(-c4cccc5oc6ccccc6c45)ccc32)c1)c1ccccc1. The van der Waals surface area contributed by atoms with Gasteiger partial charge >= 0.3 is 0 Å². The molecule has 2 heterocycles. The van der Waals surface area contributed by atoms with Crippen LogP contribution in [0.2, 0.25) is 0 Å². The van der Waals surface area contributed by atoms with E-state index in [0.717, 1.165) is 66.5 Å². The maximum absolute atomic E-state index is 6.23. The molecule has 5 heteroatoms. The Bertz CT molecular complexity index is 2790. The van der Waals surface area contributed by atoms with Gasteiger partial charge in [0.25, 0.3) is 0 Å². The maximum Gasteiger partial charge on any atom is 0.161 e. The number of hydrogen-bond acceptors (Lipinski definition) is 2. The van der Waals surface area contributed by atoms with Crippen molar-refractivity contribution in [2.45, 2.75) is 6.54 Å². The molecule has 0 amide bonds. The van der Waals surface area contributed by atoms with Crippen LogP contribution in [0.15, 0.2) is 189 Å². The van der Waals surface area contributed by atoms with Gasteiger partial charge in [0, 0.05) is 38.4 Å². The van der Waals surface area contributed by atoms with Crippen LogP contribution in [0.5, 0.6) is 0 Å². The van der Waals surface area contributed by atoms with Crippen LogP contribution in [-0.2, 0) is 6.54 Å². The van der Waals surface area contributed by atoms with Crippen molar-refractivity contribution in [1.82, 2.24) is 4.57 Å². The molecule has 0 saturated heterocycles. The highest BCUT2D eigenvalue weighted by Gasteiger charge is 2.17. The van der Waals surface area contributed by atoms with Gasteiger partial charge in [0.1, 0.15) is 11.2 Å². The summed E-state index contributed by atoms with van der Waals surface area (Å²) in [7, 11) is 0. The van der Waals surface area contributed by atoms with Crippen molar-refractivity contribution in [2.75, 3.05) is 0 Å². The molecule has 0 aliphatic carbocycles. The van der Waals surface area contributed by atoms with E-state index in [2.05, 4.69) is 119 Å². The van der Waals surface area contributed by atoms with Crippen LogP contribution in [0, 0.1) is 0 Å². The fourth-order valence-electron chi connectivity index (χ4n) is 7.04. The number of benzene rings is 7. The van der Waals surface area contributed by atoms with Gasteiger partial charge in [0.15, 0.2) is 11.7 Å². The summed E-state index contributed by atoms with van der Waals surface area (Å²) in [5.74, 6) is 1.12. The number of aliphatic imine (C=N–C) groups is 3. The predicted octanol–water partition coefficient (Wildman–Crippen LogP) is 11.4. The van der Waals surface area contributed by atoms with Crippen molar-refractivity contribution in [2.24, 2.45) is 15.0 Å². The molecule has 0 radical (unpaired) electrons. The number of fused-ring (bicyclic) bond motifs is 6. The topological polar surface area (TPSA) is 55.1 Å². The Morgan fingerprint density at radius 1 is 0.549 bits per heavy atom. The van der Waals surface area contributed by atoms with Gasteiger partial charge in [-0.2, -0.15) is 0 Å². The van der Waals surface area contributed by atoms with Gasteiger partial charge < -0.3 is 8.98 Å². The third-order valence-electron chi connectivity index (χ3n) is 9.40. The Kier molecular flexibility index (Phi) is 7.63. The molecule has 51 heavy (non-hydrogen) atoms. The molecule has 9 rings (SSSR count). The minimum absolute atomic E-state index is 0.486. The second-order valence-electron chi connectivity index (χ2n) is 12.5. The lowest BCUT2D eigenvalue weighted by atomic mass is 9.98. The maximum atomic E-state index is 6.23. The summed E-state index contributed by atoms with van der Waals surface area (Å²) >= 11 is 0. The highest BCUT2D eigenvalue weighted by atomic mass is 16.3. The zero-order chi connectivity index (χ0) is 34.1. The number of furan rings is 1. The number of aromatic nitrogens is 1. The van der Waals surface area contributed by atoms with E-state index in [4.69, 9.17) is 14.4 Å². The van der Waals surface area contributed by atoms with Gasteiger partial charge in [-0.25, -0.2) is 9.98 Å². The quantitative estimate of drug-likeness (QED) is 0.130. The van der Waals surface area contributed by atoms with Crippen LogP contribution in [0.4, 0.5) is 0 Å². The summed E-state index contributed by atoms with van der Waals surface area (Å²) in [6, 6.07) is 58.5. The third-order valence-corrected chi connectivity index (χ3v) is 9.40. The number of hydrogen-bond donors (Lipinski definition) is 0. The number of nitrogens with zero attached hydrogens (tertiary/aromatic N) is 4. The van der Waals surface area contributed by atoms with Gasteiger partial charge in [-0.3, -0.25) is 4.99 Å². The molecule has 7 aromatic carbocycles. The second-order valence-corrected chi connectivity index (χ2v) is 12.5. The first-order valence-electron chi connectivity index (χ1n) is 17.0. The molecule has 0 atom stereocenters. The average molecular weight is 657 g/mol. The molecule has 242 valence electrons. The van der Waals surface area contributed by atoms with Crippen LogP contribution in [0.25, 0.3) is 60.6 Å². The Labute approximate surface area is 295 Å². The van der Waals surface area contributed by atoms with Crippen LogP contribution < -0.4 is 0 Å². The van der Waals surface area contributed by atoms with Crippen LogP contribution in [0.3, 0.4) is 0 Å². The van der Waals surface area contributed by atoms with Gasteiger partial charge in [0.05, 0.1) is 17.6 Å². The summed E-state index contributed by atoms with van der Waals surface area (Å²) in [6.07, 6.45) is 0. The summed E-state index contributed by atoms with van der Waals surface area (Å²) in [5.41, 5.74) is 10.2. The first-order chi connectivity index (χ1) is 25.2. The summed E-state index contributed by atoms with van der Waals surface area (Å²) in [4.78, 5) is 14.3. The highest BCUT2D eigenvalue weighted by Crippen LogP contribution is 2.40. The molecule has 0 spiro atoms. The summed E-state index contributed by atoms with van der Waals surface area (Å²) < 4.78 is 8.56. The molecule has 0 aliphatic rings. The first kappa shape index (κ1) is 30.2. The molecular formula is C46H32N4O. The largest absolute Gasteiger partial charge is 0.456 e. The van der Waals surface area contributed by atoms with Gasteiger partial charge in [-0.15, -0.1) is 0 Å². The lowest BCUT2D eigenvalue weighted by Crippen LogP contribution is -2.06. The number of amidine groups is 2. The van der Waals surface area contributed by atoms with Crippen LogP contribution in [-0.4, -0.2) is 23.0 Å². The Balaban J connectivity index is 1.20. The van der Waals surface area contributed by atoms with E-state index in [1.807, 2.05) is 66.7 Å². The summed E-state index contributed by atoms with van der Waals surface area (Å²) in [6.45, 7) is 4.33. The molecule has 0 bridgehead atoms. The monoisotopic (exact) mass is 656 g/mol. The standard InChI is InChI=1S/C46H32N4O/c1-47-45(32-16-6-3-7-17-32)49-46(48-30-31-14-4-2-5-15-31)34-18-12-19-35(28-34)50-40-23-10-8-20-37(40)39-29-33(26-27-41(39)50)36-22-13-25-43-44(36)38-21-9-11-24-42(38)51-43/h2-29H,1,30H2. The fourth-order valence-corrected chi connectivity index (χ4v) is 7.04. The van der Waals surface area contributed by atoms with E-state index in [-0.39, 0.29) is 0 Å². The molecule has 0 aliphatic heterocycles. The Morgan fingerprint density at radius 2 is 1.24 bits per heavy atom. The lowest BCUT2D eigenvalue weighted by Gasteiger charge is -2.11. The molecule has 5 nitrogen and oxygen atoms in total. The molecule has 0 fully saturated rings. The molecule has 0 unspecified atom stereocenters. The summed E-state index contributed by atoms with van der Waals surface area (Å²) in [5, 5.41) is 4.62. The van der Waals surface area contributed by atoms with E-state index >= 15 is 0 Å². The zero-order valence-corrected chi connectivity index (χ0v) is 27.8.